The highest BCUT2D eigenvalue weighted by Gasteiger charge is 2.32. The molecule has 2 fully saturated rings. The summed E-state index contributed by atoms with van der Waals surface area (Å²) in [6, 6.07) is 10.0. The van der Waals surface area contributed by atoms with Gasteiger partial charge in [-0.1, -0.05) is 18.2 Å². The zero-order valence-electron chi connectivity index (χ0n) is 12.8. The van der Waals surface area contributed by atoms with Crippen LogP contribution in [0.3, 0.4) is 0 Å². The third-order valence-electron chi connectivity index (χ3n) is 4.94. The summed E-state index contributed by atoms with van der Waals surface area (Å²) in [5.41, 5.74) is 0.793. The Labute approximate surface area is 130 Å². The minimum atomic E-state index is 0.0536. The van der Waals surface area contributed by atoms with Crippen molar-refractivity contribution >= 4 is 16.9 Å². The monoisotopic (exact) mass is 298 g/mol. The van der Waals surface area contributed by atoms with Crippen molar-refractivity contribution in [2.75, 3.05) is 26.2 Å². The van der Waals surface area contributed by atoms with Gasteiger partial charge in [0.1, 0.15) is 5.58 Å². The molecule has 22 heavy (non-hydrogen) atoms. The molecule has 4 rings (SSSR count). The molecule has 2 aromatic rings. The summed E-state index contributed by atoms with van der Waals surface area (Å²) in [5, 5.41) is 1.00. The van der Waals surface area contributed by atoms with Crippen molar-refractivity contribution in [2.45, 2.75) is 31.7 Å². The van der Waals surface area contributed by atoms with E-state index in [4.69, 9.17) is 4.42 Å². The number of para-hydroxylation sites is 1. The number of rotatable bonds is 3. The first-order valence-corrected chi connectivity index (χ1v) is 8.33. The predicted octanol–water partition coefficient (Wildman–Crippen LogP) is 3.13. The van der Waals surface area contributed by atoms with Crippen LogP contribution < -0.4 is 0 Å². The highest BCUT2D eigenvalue weighted by atomic mass is 16.3. The third kappa shape index (κ3) is 2.52. The summed E-state index contributed by atoms with van der Waals surface area (Å²) in [5.74, 6) is 0.535. The normalized spacial score (nSPS) is 22.7. The molecule has 2 aliphatic heterocycles. The van der Waals surface area contributed by atoms with Crippen LogP contribution in [0.25, 0.3) is 11.0 Å². The Kier molecular flexibility index (Phi) is 3.62. The van der Waals surface area contributed by atoms with Gasteiger partial charge in [0, 0.05) is 24.5 Å². The Bertz CT molecular complexity index is 640. The van der Waals surface area contributed by atoms with Crippen molar-refractivity contribution in [2.24, 2.45) is 0 Å². The van der Waals surface area contributed by atoms with Crippen molar-refractivity contribution in [3.8, 4) is 0 Å². The molecule has 0 saturated carbocycles. The number of likely N-dealkylation sites (tertiary alicyclic amines) is 2. The van der Waals surface area contributed by atoms with E-state index in [0.717, 1.165) is 36.9 Å². The van der Waals surface area contributed by atoms with Crippen LogP contribution in [0.15, 0.2) is 34.7 Å². The molecule has 0 aliphatic carbocycles. The number of carbonyl (C=O) groups excluding carboxylic acids is 1. The minimum absolute atomic E-state index is 0.0536. The molecule has 0 N–H and O–H groups in total. The van der Waals surface area contributed by atoms with Gasteiger partial charge in [0.15, 0.2) is 5.76 Å². The highest BCUT2D eigenvalue weighted by molar-refractivity contribution is 5.96. The van der Waals surface area contributed by atoms with Crippen molar-refractivity contribution < 1.29 is 9.21 Å². The first-order chi connectivity index (χ1) is 10.8. The van der Waals surface area contributed by atoms with Gasteiger partial charge in [-0.2, -0.15) is 0 Å². The van der Waals surface area contributed by atoms with E-state index in [2.05, 4.69) is 4.90 Å². The molecule has 0 unspecified atom stereocenters. The van der Waals surface area contributed by atoms with E-state index in [1.165, 1.54) is 25.9 Å². The summed E-state index contributed by atoms with van der Waals surface area (Å²) in [4.78, 5) is 17.3. The number of carbonyl (C=O) groups is 1. The van der Waals surface area contributed by atoms with E-state index < -0.39 is 0 Å². The molecule has 116 valence electrons. The molecule has 0 radical (unpaired) electrons. The number of furan rings is 1. The smallest absolute Gasteiger partial charge is 0.289 e. The largest absolute Gasteiger partial charge is 0.451 e. The van der Waals surface area contributed by atoms with Crippen LogP contribution in [0.4, 0.5) is 0 Å². The lowest BCUT2D eigenvalue weighted by Gasteiger charge is -2.27. The lowest BCUT2D eigenvalue weighted by Crippen LogP contribution is -2.42. The van der Waals surface area contributed by atoms with E-state index in [1.807, 2.05) is 35.2 Å². The molecule has 2 aliphatic rings. The van der Waals surface area contributed by atoms with Gasteiger partial charge in [-0.3, -0.25) is 4.79 Å². The maximum atomic E-state index is 12.8. The van der Waals surface area contributed by atoms with Crippen LogP contribution >= 0.6 is 0 Å². The Balaban J connectivity index is 1.52. The molecular weight excluding hydrogens is 276 g/mol. The predicted molar refractivity (Wildman–Crippen MR) is 85.9 cm³/mol. The topological polar surface area (TPSA) is 36.7 Å². The first-order valence-electron chi connectivity index (χ1n) is 8.33. The number of hydrogen-bond donors (Lipinski definition) is 0. The van der Waals surface area contributed by atoms with Crippen molar-refractivity contribution in [3.05, 3.63) is 36.1 Å². The highest BCUT2D eigenvalue weighted by Crippen LogP contribution is 2.25. The SMILES string of the molecule is O=C(c1cc2ccccc2o1)N1CCC[C@H]1CN1CCCC1. The van der Waals surface area contributed by atoms with Crippen LogP contribution in [0.2, 0.25) is 0 Å². The zero-order chi connectivity index (χ0) is 14.9. The number of fused-ring (bicyclic) bond motifs is 1. The van der Waals surface area contributed by atoms with Crippen LogP contribution in [-0.2, 0) is 0 Å². The third-order valence-corrected chi connectivity index (χ3v) is 4.94. The molecule has 1 aromatic carbocycles. The molecule has 4 heteroatoms. The lowest BCUT2D eigenvalue weighted by molar-refractivity contribution is 0.0679. The second-order valence-corrected chi connectivity index (χ2v) is 6.45. The van der Waals surface area contributed by atoms with Gasteiger partial charge in [0.05, 0.1) is 0 Å². The number of benzene rings is 1. The van der Waals surface area contributed by atoms with E-state index in [1.54, 1.807) is 0 Å². The van der Waals surface area contributed by atoms with E-state index in [9.17, 15) is 4.79 Å². The van der Waals surface area contributed by atoms with Gasteiger partial charge >= 0.3 is 0 Å². The van der Waals surface area contributed by atoms with Crippen LogP contribution in [0.1, 0.15) is 36.2 Å². The maximum Gasteiger partial charge on any atom is 0.289 e. The Morgan fingerprint density at radius 1 is 1.14 bits per heavy atom. The van der Waals surface area contributed by atoms with E-state index >= 15 is 0 Å². The standard InChI is InChI=1S/C18H22N2O2/c21-18(17-12-14-6-1-2-8-16(14)22-17)20-11-5-7-15(20)13-19-9-3-4-10-19/h1-2,6,8,12,15H,3-5,7,9-11,13H2/t15-/m0/s1. The fourth-order valence-corrected chi connectivity index (χ4v) is 3.78. The number of hydrogen-bond acceptors (Lipinski definition) is 3. The first kappa shape index (κ1) is 13.8. The summed E-state index contributed by atoms with van der Waals surface area (Å²) < 4.78 is 5.76. The Hall–Kier alpha value is -1.81. The summed E-state index contributed by atoms with van der Waals surface area (Å²) in [7, 11) is 0. The van der Waals surface area contributed by atoms with Crippen LogP contribution in [-0.4, -0.2) is 47.9 Å². The number of amides is 1. The van der Waals surface area contributed by atoms with Gasteiger partial charge in [-0.15, -0.1) is 0 Å². The fraction of sp³-hybridized carbons (Fsp3) is 0.500. The van der Waals surface area contributed by atoms with Gasteiger partial charge in [0.25, 0.3) is 5.91 Å². The fourth-order valence-electron chi connectivity index (χ4n) is 3.78. The number of nitrogens with zero attached hydrogens (tertiary/aromatic N) is 2. The second-order valence-electron chi connectivity index (χ2n) is 6.45. The van der Waals surface area contributed by atoms with Gasteiger partial charge in [0.2, 0.25) is 0 Å². The molecule has 3 heterocycles. The van der Waals surface area contributed by atoms with E-state index in [-0.39, 0.29) is 5.91 Å². The summed E-state index contributed by atoms with van der Waals surface area (Å²) >= 11 is 0. The average Bonchev–Trinajstić information content (AvgIpc) is 3.27. The quantitative estimate of drug-likeness (QED) is 0.873. The summed E-state index contributed by atoms with van der Waals surface area (Å²) in [6.45, 7) is 4.24. The Morgan fingerprint density at radius 2 is 1.95 bits per heavy atom. The van der Waals surface area contributed by atoms with Crippen molar-refractivity contribution in [3.63, 3.8) is 0 Å². The van der Waals surface area contributed by atoms with Gasteiger partial charge in [-0.05, 0) is 50.9 Å². The summed E-state index contributed by atoms with van der Waals surface area (Å²) in [6.07, 6.45) is 4.81. The molecule has 4 nitrogen and oxygen atoms in total. The van der Waals surface area contributed by atoms with E-state index in [0.29, 0.717) is 11.8 Å². The van der Waals surface area contributed by atoms with Gasteiger partial charge < -0.3 is 14.2 Å². The molecule has 1 atom stereocenters. The molecule has 0 bridgehead atoms. The van der Waals surface area contributed by atoms with Crippen molar-refractivity contribution in [1.29, 1.82) is 0 Å². The molecule has 0 spiro atoms. The average molecular weight is 298 g/mol. The Morgan fingerprint density at radius 3 is 2.77 bits per heavy atom. The van der Waals surface area contributed by atoms with Crippen LogP contribution in [0.5, 0.6) is 0 Å². The minimum Gasteiger partial charge on any atom is -0.451 e. The molecule has 2 saturated heterocycles. The molecular formula is C18H22N2O2. The second kappa shape index (κ2) is 5.76. The lowest BCUT2D eigenvalue weighted by atomic mass is 10.2. The molecule has 1 aromatic heterocycles. The van der Waals surface area contributed by atoms with Crippen molar-refractivity contribution in [1.82, 2.24) is 9.80 Å². The van der Waals surface area contributed by atoms with Crippen LogP contribution in [0, 0.1) is 0 Å². The zero-order valence-corrected chi connectivity index (χ0v) is 12.8. The maximum absolute atomic E-state index is 12.8. The van der Waals surface area contributed by atoms with Gasteiger partial charge in [-0.25, -0.2) is 0 Å². The molecule has 1 amide bonds.